The Labute approximate surface area is 162 Å². The van der Waals surface area contributed by atoms with Crippen molar-refractivity contribution in [2.75, 3.05) is 20.6 Å². The van der Waals surface area contributed by atoms with Crippen LogP contribution in [0.25, 0.3) is 0 Å². The predicted molar refractivity (Wildman–Crippen MR) is 109 cm³/mol. The second-order valence-electron chi connectivity index (χ2n) is 6.27. The van der Waals surface area contributed by atoms with E-state index in [9.17, 15) is 4.79 Å². The second kappa shape index (κ2) is 10.6. The Morgan fingerprint density at radius 1 is 1.38 bits per heavy atom. The van der Waals surface area contributed by atoms with Crippen LogP contribution in [-0.4, -0.2) is 48.0 Å². The fraction of sp³-hybridized carbons (Fsp3) is 0.647. The third-order valence-electron chi connectivity index (χ3n) is 4.40. The maximum absolute atomic E-state index is 12.1. The molecule has 136 valence electrons. The first-order chi connectivity index (χ1) is 11.1. The van der Waals surface area contributed by atoms with Gasteiger partial charge in [0.05, 0.1) is 13.1 Å². The van der Waals surface area contributed by atoms with Crippen LogP contribution in [-0.2, 0) is 18.4 Å². The van der Waals surface area contributed by atoms with Crippen LogP contribution >= 0.6 is 24.0 Å². The van der Waals surface area contributed by atoms with Crippen molar-refractivity contribution in [1.82, 2.24) is 20.1 Å². The van der Waals surface area contributed by atoms with Crippen molar-refractivity contribution >= 4 is 35.8 Å². The smallest absolute Gasteiger partial charge is 0.239 e. The van der Waals surface area contributed by atoms with E-state index >= 15 is 0 Å². The van der Waals surface area contributed by atoms with Gasteiger partial charge in [0.25, 0.3) is 0 Å². The molecule has 0 radical (unpaired) electrons. The summed E-state index contributed by atoms with van der Waals surface area (Å²) in [6.07, 6.45) is 7.97. The van der Waals surface area contributed by atoms with Gasteiger partial charge in [-0.2, -0.15) is 0 Å². The van der Waals surface area contributed by atoms with E-state index in [0.717, 1.165) is 25.3 Å². The van der Waals surface area contributed by atoms with E-state index in [1.165, 1.54) is 25.0 Å². The van der Waals surface area contributed by atoms with Crippen molar-refractivity contribution in [2.45, 2.75) is 44.7 Å². The minimum atomic E-state index is 0. The van der Waals surface area contributed by atoms with Gasteiger partial charge in [-0.25, -0.2) is 0 Å². The number of halogens is 1. The van der Waals surface area contributed by atoms with Gasteiger partial charge in [0.1, 0.15) is 0 Å². The SMILES string of the molecule is CN=C(NCC(=O)NC1CCCCC1)N(C)Cc1cccn1C.I. The second-order valence-corrected chi connectivity index (χ2v) is 6.27. The number of amides is 1. The molecule has 2 rings (SSSR count). The summed E-state index contributed by atoms with van der Waals surface area (Å²) in [4.78, 5) is 18.4. The van der Waals surface area contributed by atoms with Gasteiger partial charge < -0.3 is 20.1 Å². The monoisotopic (exact) mass is 447 g/mol. The zero-order valence-corrected chi connectivity index (χ0v) is 17.2. The van der Waals surface area contributed by atoms with Crippen LogP contribution in [0.3, 0.4) is 0 Å². The number of rotatable bonds is 5. The molecule has 0 atom stereocenters. The number of aliphatic imine (C=N–C) groups is 1. The van der Waals surface area contributed by atoms with Crippen molar-refractivity contribution < 1.29 is 4.79 Å². The lowest BCUT2D eigenvalue weighted by molar-refractivity contribution is -0.120. The highest BCUT2D eigenvalue weighted by Gasteiger charge is 2.16. The lowest BCUT2D eigenvalue weighted by Crippen LogP contribution is -2.46. The van der Waals surface area contributed by atoms with Crippen molar-refractivity contribution in [3.8, 4) is 0 Å². The standard InChI is InChI=1S/C17H29N5O.HI/c1-18-17(22(3)13-15-10-7-11-21(15)2)19-12-16(23)20-14-8-5-4-6-9-14;/h7,10-11,14H,4-6,8-9,12-13H2,1-3H3,(H,18,19)(H,20,23);1H. The molecule has 1 aromatic rings. The molecule has 0 aromatic carbocycles. The van der Waals surface area contributed by atoms with E-state index in [2.05, 4.69) is 26.3 Å². The van der Waals surface area contributed by atoms with Crippen LogP contribution < -0.4 is 10.6 Å². The molecule has 0 spiro atoms. The third-order valence-corrected chi connectivity index (χ3v) is 4.40. The molecular formula is C17H30IN5O. The van der Waals surface area contributed by atoms with Gasteiger partial charge in [0, 0.05) is 39.1 Å². The summed E-state index contributed by atoms with van der Waals surface area (Å²) in [7, 11) is 5.74. The van der Waals surface area contributed by atoms with Crippen molar-refractivity contribution in [3.63, 3.8) is 0 Å². The van der Waals surface area contributed by atoms with Crippen LogP contribution in [0.2, 0.25) is 0 Å². The van der Waals surface area contributed by atoms with Crippen molar-refractivity contribution in [3.05, 3.63) is 24.0 Å². The summed E-state index contributed by atoms with van der Waals surface area (Å²) in [6, 6.07) is 4.46. The van der Waals surface area contributed by atoms with Crippen LogP contribution in [0.1, 0.15) is 37.8 Å². The Morgan fingerprint density at radius 2 is 2.08 bits per heavy atom. The van der Waals surface area contributed by atoms with E-state index in [1.54, 1.807) is 7.05 Å². The summed E-state index contributed by atoms with van der Waals surface area (Å²) in [6.45, 7) is 1.01. The Morgan fingerprint density at radius 3 is 2.67 bits per heavy atom. The molecule has 1 aliphatic rings. The molecule has 1 aromatic heterocycles. The molecule has 1 amide bonds. The zero-order valence-electron chi connectivity index (χ0n) is 14.9. The molecule has 1 saturated carbocycles. The fourth-order valence-electron chi connectivity index (χ4n) is 3.05. The highest BCUT2D eigenvalue weighted by molar-refractivity contribution is 14.0. The van der Waals surface area contributed by atoms with Gasteiger partial charge in [0.2, 0.25) is 5.91 Å². The normalized spacial score (nSPS) is 15.5. The molecule has 0 saturated heterocycles. The first kappa shape index (κ1) is 20.8. The quantitative estimate of drug-likeness (QED) is 0.413. The molecule has 1 heterocycles. The average Bonchev–Trinajstić information content (AvgIpc) is 2.94. The van der Waals surface area contributed by atoms with Gasteiger partial charge in [-0.05, 0) is 25.0 Å². The summed E-state index contributed by atoms with van der Waals surface area (Å²) >= 11 is 0. The van der Waals surface area contributed by atoms with Crippen LogP contribution in [0, 0.1) is 0 Å². The van der Waals surface area contributed by atoms with Crippen molar-refractivity contribution in [2.24, 2.45) is 12.0 Å². The number of carbonyl (C=O) groups is 1. The number of nitrogens with one attached hydrogen (secondary N) is 2. The Balaban J connectivity index is 0.00000288. The van der Waals surface area contributed by atoms with E-state index in [-0.39, 0.29) is 36.4 Å². The number of hydrogen-bond donors (Lipinski definition) is 2. The molecule has 2 N–H and O–H groups in total. The Hall–Kier alpha value is -1.25. The number of carbonyl (C=O) groups excluding carboxylic acids is 1. The highest BCUT2D eigenvalue weighted by Crippen LogP contribution is 2.17. The van der Waals surface area contributed by atoms with E-state index < -0.39 is 0 Å². The molecule has 0 aliphatic heterocycles. The van der Waals surface area contributed by atoms with Crippen LogP contribution in [0.15, 0.2) is 23.3 Å². The summed E-state index contributed by atoms with van der Waals surface area (Å²) in [5.74, 6) is 0.773. The molecule has 0 unspecified atom stereocenters. The highest BCUT2D eigenvalue weighted by atomic mass is 127. The first-order valence-corrected chi connectivity index (χ1v) is 8.41. The van der Waals surface area contributed by atoms with Crippen molar-refractivity contribution in [1.29, 1.82) is 0 Å². The van der Waals surface area contributed by atoms with E-state index in [0.29, 0.717) is 6.04 Å². The minimum Gasteiger partial charge on any atom is -0.353 e. The molecule has 6 nitrogen and oxygen atoms in total. The van der Waals surface area contributed by atoms with Gasteiger partial charge in [0.15, 0.2) is 5.96 Å². The minimum absolute atomic E-state index is 0. The van der Waals surface area contributed by atoms with Crippen LogP contribution in [0.5, 0.6) is 0 Å². The largest absolute Gasteiger partial charge is 0.353 e. The number of aryl methyl sites for hydroxylation is 1. The topological polar surface area (TPSA) is 61.7 Å². The summed E-state index contributed by atoms with van der Waals surface area (Å²) in [5, 5.41) is 6.26. The van der Waals surface area contributed by atoms with E-state index in [1.807, 2.05) is 31.3 Å². The summed E-state index contributed by atoms with van der Waals surface area (Å²) < 4.78 is 2.08. The van der Waals surface area contributed by atoms with Gasteiger partial charge >= 0.3 is 0 Å². The third kappa shape index (κ3) is 6.33. The Kier molecular flexibility index (Phi) is 9.17. The molecule has 1 aliphatic carbocycles. The number of nitrogens with zero attached hydrogens (tertiary/aromatic N) is 3. The molecule has 7 heteroatoms. The Bertz CT molecular complexity index is 537. The number of hydrogen-bond acceptors (Lipinski definition) is 2. The lowest BCUT2D eigenvalue weighted by atomic mass is 9.95. The first-order valence-electron chi connectivity index (χ1n) is 8.41. The molecule has 0 bridgehead atoms. The number of guanidine groups is 1. The predicted octanol–water partition coefficient (Wildman–Crippen LogP) is 2.10. The average molecular weight is 447 g/mol. The maximum Gasteiger partial charge on any atom is 0.239 e. The lowest BCUT2D eigenvalue weighted by Gasteiger charge is -2.24. The van der Waals surface area contributed by atoms with E-state index in [4.69, 9.17) is 0 Å². The maximum atomic E-state index is 12.1. The van der Waals surface area contributed by atoms with Crippen LogP contribution in [0.4, 0.5) is 0 Å². The van der Waals surface area contributed by atoms with Gasteiger partial charge in [-0.1, -0.05) is 19.3 Å². The number of aromatic nitrogens is 1. The molecule has 24 heavy (non-hydrogen) atoms. The molecular weight excluding hydrogens is 417 g/mol. The molecule has 1 fully saturated rings. The van der Waals surface area contributed by atoms with Gasteiger partial charge in [-0.15, -0.1) is 24.0 Å². The van der Waals surface area contributed by atoms with Gasteiger partial charge in [-0.3, -0.25) is 9.79 Å². The summed E-state index contributed by atoms with van der Waals surface area (Å²) in [5.41, 5.74) is 1.20. The zero-order chi connectivity index (χ0) is 16.7. The fourth-order valence-corrected chi connectivity index (χ4v) is 3.05.